The Labute approximate surface area is 284 Å². The monoisotopic (exact) mass is 680 g/mol. The first-order chi connectivity index (χ1) is 22.3. The number of rotatable bonds is 12. The molecule has 0 bridgehead atoms. The van der Waals surface area contributed by atoms with Crippen molar-refractivity contribution in [2.24, 2.45) is 0 Å². The Bertz CT molecular complexity index is 1760. The normalized spacial score (nSPS) is 11.2. The Morgan fingerprint density at radius 2 is 1.68 bits per heavy atom. The van der Waals surface area contributed by atoms with Crippen molar-refractivity contribution < 1.29 is 28.9 Å². The molecule has 248 valence electrons. The van der Waals surface area contributed by atoms with E-state index in [-0.39, 0.29) is 13.0 Å². The number of nitrogens with one attached hydrogen (secondary N) is 1. The van der Waals surface area contributed by atoms with Gasteiger partial charge in [-0.1, -0.05) is 41.4 Å². The van der Waals surface area contributed by atoms with Gasteiger partial charge in [0.1, 0.15) is 11.4 Å². The molecule has 0 spiro atoms. The molecule has 0 aliphatic heterocycles. The lowest BCUT2D eigenvalue weighted by molar-refractivity contribution is -0.136. The van der Waals surface area contributed by atoms with Crippen LogP contribution >= 0.6 is 23.2 Å². The number of amides is 1. The fourth-order valence-corrected chi connectivity index (χ4v) is 5.46. The van der Waals surface area contributed by atoms with Crippen LogP contribution in [0, 0.1) is 0 Å². The van der Waals surface area contributed by atoms with E-state index in [0.717, 1.165) is 11.1 Å². The third-order valence-corrected chi connectivity index (χ3v) is 7.81. The van der Waals surface area contributed by atoms with E-state index in [1.807, 2.05) is 69.3 Å². The molecule has 0 unspecified atom stereocenters. The first-order valence-electron chi connectivity index (χ1n) is 14.8. The highest BCUT2D eigenvalue weighted by atomic mass is 35.5. The molecule has 0 aliphatic carbocycles. The Morgan fingerprint density at radius 3 is 2.36 bits per heavy atom. The first-order valence-corrected chi connectivity index (χ1v) is 15.6. The Kier molecular flexibility index (Phi) is 11.7. The van der Waals surface area contributed by atoms with Gasteiger partial charge in [0.15, 0.2) is 0 Å². The van der Waals surface area contributed by atoms with Crippen molar-refractivity contribution in [1.82, 2.24) is 20.2 Å². The number of carbonyl (C=O) groups excluding carboxylic acids is 1. The van der Waals surface area contributed by atoms with Crippen molar-refractivity contribution in [1.29, 1.82) is 0 Å². The molecule has 0 saturated heterocycles. The minimum Gasteiger partial charge on any atom is -0.497 e. The van der Waals surface area contributed by atoms with Crippen molar-refractivity contribution in [2.75, 3.05) is 27.8 Å². The number of ether oxygens (including phenoxy) is 3. The SMILES string of the molecule is COc1cc(CNCCC(=O)O)cc(-c2nccc(-c3cccc(-c4ccc(CN(C)C(=O)OC(C)(C)C)c(OC)n4)c3Cl)c2Cl)c1. The van der Waals surface area contributed by atoms with Crippen LogP contribution in [-0.2, 0) is 22.6 Å². The summed E-state index contributed by atoms with van der Waals surface area (Å²) in [6.45, 7) is 6.45. The lowest BCUT2D eigenvalue weighted by atomic mass is 9.99. The van der Waals surface area contributed by atoms with Gasteiger partial charge in [0.05, 0.1) is 48.6 Å². The highest BCUT2D eigenvalue weighted by Crippen LogP contribution is 2.42. The van der Waals surface area contributed by atoms with Gasteiger partial charge in [0, 0.05) is 54.2 Å². The van der Waals surface area contributed by atoms with Crippen molar-refractivity contribution in [3.05, 3.63) is 82.0 Å². The molecule has 0 aliphatic rings. The molecule has 4 aromatic rings. The highest BCUT2D eigenvalue weighted by Gasteiger charge is 2.22. The molecular formula is C35H38Cl2N4O6. The van der Waals surface area contributed by atoms with Crippen LogP contribution in [0.15, 0.2) is 60.8 Å². The van der Waals surface area contributed by atoms with Crippen LogP contribution in [-0.4, -0.2) is 65.5 Å². The average molecular weight is 682 g/mol. The molecule has 0 fully saturated rings. The lowest BCUT2D eigenvalue weighted by Gasteiger charge is -2.25. The zero-order chi connectivity index (χ0) is 34.3. The number of nitrogens with zero attached hydrogens (tertiary/aromatic N) is 3. The zero-order valence-electron chi connectivity index (χ0n) is 27.2. The van der Waals surface area contributed by atoms with Gasteiger partial charge in [-0.05, 0) is 62.7 Å². The number of halogens is 2. The molecule has 2 N–H and O–H groups in total. The third-order valence-electron chi connectivity index (χ3n) is 7.02. The summed E-state index contributed by atoms with van der Waals surface area (Å²) in [7, 11) is 4.75. The van der Waals surface area contributed by atoms with Gasteiger partial charge in [0.25, 0.3) is 0 Å². The summed E-state index contributed by atoms with van der Waals surface area (Å²) in [5.41, 5.74) is 4.85. The van der Waals surface area contributed by atoms with Crippen molar-refractivity contribution >= 4 is 35.3 Å². The van der Waals surface area contributed by atoms with E-state index in [4.69, 9.17) is 47.5 Å². The van der Waals surface area contributed by atoms with E-state index in [1.54, 1.807) is 26.4 Å². The summed E-state index contributed by atoms with van der Waals surface area (Å²) in [6.07, 6.45) is 1.23. The van der Waals surface area contributed by atoms with E-state index < -0.39 is 17.7 Å². The highest BCUT2D eigenvalue weighted by molar-refractivity contribution is 6.39. The number of hydrogen-bond donors (Lipinski definition) is 2. The van der Waals surface area contributed by atoms with Gasteiger partial charge in [-0.25, -0.2) is 9.78 Å². The summed E-state index contributed by atoms with van der Waals surface area (Å²) < 4.78 is 16.6. The number of pyridine rings is 2. The lowest BCUT2D eigenvalue weighted by Crippen LogP contribution is -2.33. The van der Waals surface area contributed by atoms with Gasteiger partial charge in [-0.2, -0.15) is 0 Å². The van der Waals surface area contributed by atoms with E-state index >= 15 is 0 Å². The first kappa shape index (κ1) is 35.5. The standard InChI is InChI=1S/C35H38Cl2N4O6/c1-35(2,3)47-34(44)41(4)20-22-10-11-28(40-33(22)46-6)27-9-7-8-25(30(27)36)26-12-15-39-32(31(26)37)23-16-21(17-24(18-23)45-5)19-38-14-13-29(42)43/h7-12,15-18,38H,13-14,19-20H2,1-6H3,(H,42,43). The predicted octanol–water partition coefficient (Wildman–Crippen LogP) is 7.73. The van der Waals surface area contributed by atoms with Gasteiger partial charge in [0.2, 0.25) is 5.88 Å². The second-order valence-corrected chi connectivity index (χ2v) is 12.5. The van der Waals surface area contributed by atoms with Crippen LogP contribution in [0.1, 0.15) is 38.3 Å². The molecule has 0 radical (unpaired) electrons. The Hall–Kier alpha value is -4.38. The molecular weight excluding hydrogens is 643 g/mol. The van der Waals surface area contributed by atoms with Gasteiger partial charge in [-0.3, -0.25) is 9.78 Å². The number of carboxylic acids is 1. The molecule has 4 rings (SSSR count). The topological polar surface area (TPSA) is 123 Å². The van der Waals surface area contributed by atoms with Crippen LogP contribution in [0.5, 0.6) is 11.6 Å². The molecule has 2 aromatic carbocycles. The van der Waals surface area contributed by atoms with E-state index in [2.05, 4.69) is 10.3 Å². The minimum atomic E-state index is -0.866. The van der Waals surface area contributed by atoms with Crippen molar-refractivity contribution in [3.8, 4) is 45.3 Å². The molecule has 1 amide bonds. The van der Waals surface area contributed by atoms with Gasteiger partial charge in [-0.15, -0.1) is 0 Å². The van der Waals surface area contributed by atoms with E-state index in [0.29, 0.717) is 68.4 Å². The van der Waals surface area contributed by atoms with Crippen molar-refractivity contribution in [2.45, 2.75) is 45.9 Å². The van der Waals surface area contributed by atoms with Crippen LogP contribution < -0.4 is 14.8 Å². The number of hydrogen-bond acceptors (Lipinski definition) is 8. The van der Waals surface area contributed by atoms with E-state index in [1.165, 1.54) is 12.0 Å². The summed E-state index contributed by atoms with van der Waals surface area (Å²) in [5, 5.41) is 12.9. The number of carboxylic acid groups (broad SMARTS) is 1. The predicted molar refractivity (Wildman–Crippen MR) is 183 cm³/mol. The zero-order valence-corrected chi connectivity index (χ0v) is 28.7. The molecule has 0 atom stereocenters. The third kappa shape index (κ3) is 9.12. The summed E-state index contributed by atoms with van der Waals surface area (Å²) in [4.78, 5) is 34.1. The number of methoxy groups -OCH3 is 2. The number of benzene rings is 2. The quantitative estimate of drug-likeness (QED) is 0.145. The molecule has 12 heteroatoms. The number of aliphatic carboxylic acids is 1. The molecule has 47 heavy (non-hydrogen) atoms. The summed E-state index contributed by atoms with van der Waals surface area (Å²) >= 11 is 14.1. The maximum atomic E-state index is 12.5. The maximum Gasteiger partial charge on any atom is 0.410 e. The van der Waals surface area contributed by atoms with Crippen LogP contribution in [0.25, 0.3) is 33.6 Å². The molecule has 2 aromatic heterocycles. The fraction of sp³-hybridized carbons (Fsp3) is 0.314. The second-order valence-electron chi connectivity index (χ2n) is 11.8. The summed E-state index contributed by atoms with van der Waals surface area (Å²) in [6, 6.07) is 16.7. The Balaban J connectivity index is 1.65. The summed E-state index contributed by atoms with van der Waals surface area (Å²) in [5.74, 6) is 0.103. The second kappa shape index (κ2) is 15.5. The number of carbonyl (C=O) groups is 2. The molecule has 10 nitrogen and oxygen atoms in total. The largest absolute Gasteiger partial charge is 0.497 e. The van der Waals surface area contributed by atoms with Gasteiger partial charge >= 0.3 is 12.1 Å². The molecule has 2 heterocycles. The van der Waals surface area contributed by atoms with Gasteiger partial charge < -0.3 is 29.5 Å². The van der Waals surface area contributed by atoms with Crippen molar-refractivity contribution in [3.63, 3.8) is 0 Å². The van der Waals surface area contributed by atoms with Crippen LogP contribution in [0.3, 0.4) is 0 Å². The van der Waals surface area contributed by atoms with Crippen LogP contribution in [0.4, 0.5) is 4.79 Å². The fourth-order valence-electron chi connectivity index (χ4n) is 4.81. The Morgan fingerprint density at radius 1 is 0.957 bits per heavy atom. The molecule has 0 saturated carbocycles. The maximum absolute atomic E-state index is 12.5. The smallest absolute Gasteiger partial charge is 0.410 e. The van der Waals surface area contributed by atoms with E-state index in [9.17, 15) is 9.59 Å². The number of aromatic nitrogens is 2. The minimum absolute atomic E-state index is 0.0178. The van der Waals surface area contributed by atoms with Crippen LogP contribution in [0.2, 0.25) is 10.0 Å². The average Bonchev–Trinajstić information content (AvgIpc) is 3.02.